The molecule has 0 aliphatic heterocycles. The molecule has 0 radical (unpaired) electrons. The molecule has 0 saturated carbocycles. The van der Waals surface area contributed by atoms with E-state index < -0.39 is 0 Å². The largest absolute Gasteiger partial charge is 0.462 e. The van der Waals surface area contributed by atoms with E-state index in [-0.39, 0.29) is 5.97 Å². The van der Waals surface area contributed by atoms with Gasteiger partial charge >= 0.3 is 5.97 Å². The highest BCUT2D eigenvalue weighted by Crippen LogP contribution is 2.16. The summed E-state index contributed by atoms with van der Waals surface area (Å²) in [6, 6.07) is 7.19. The van der Waals surface area contributed by atoms with Crippen LogP contribution in [0.25, 0.3) is 16.6 Å². The van der Waals surface area contributed by atoms with E-state index in [0.717, 1.165) is 16.6 Å². The minimum atomic E-state index is -0.319. The second kappa shape index (κ2) is 4.10. The van der Waals surface area contributed by atoms with Crippen molar-refractivity contribution in [3.63, 3.8) is 0 Å². The highest BCUT2D eigenvalue weighted by atomic mass is 16.5. The summed E-state index contributed by atoms with van der Waals surface area (Å²) >= 11 is 0. The molecule has 0 unspecified atom stereocenters. The van der Waals surface area contributed by atoms with Crippen molar-refractivity contribution in [2.75, 3.05) is 6.61 Å². The Morgan fingerprint density at radius 3 is 3.11 bits per heavy atom. The molecule has 0 aliphatic carbocycles. The van der Waals surface area contributed by atoms with E-state index >= 15 is 0 Å². The number of esters is 1. The number of nitrogens with zero attached hydrogens (tertiary/aromatic N) is 3. The highest BCUT2D eigenvalue weighted by Gasteiger charge is 2.08. The minimum absolute atomic E-state index is 0.319. The third-order valence-electron chi connectivity index (χ3n) is 2.73. The molecule has 0 fully saturated rings. The van der Waals surface area contributed by atoms with Crippen molar-refractivity contribution >= 4 is 22.5 Å². The fourth-order valence-corrected chi connectivity index (χ4v) is 1.91. The van der Waals surface area contributed by atoms with Gasteiger partial charge in [0.1, 0.15) is 0 Å². The number of carbonyl (C=O) groups is 1. The zero-order valence-electron chi connectivity index (χ0n) is 9.83. The topological polar surface area (TPSA) is 56.5 Å². The van der Waals surface area contributed by atoms with Gasteiger partial charge in [0.05, 0.1) is 23.9 Å². The number of fused-ring (bicyclic) bond motifs is 3. The molecular weight excluding hydrogens is 230 g/mol. The molecule has 1 aromatic carbocycles. The number of carbonyl (C=O) groups excluding carboxylic acids is 1. The van der Waals surface area contributed by atoms with Crippen molar-refractivity contribution in [1.29, 1.82) is 0 Å². The summed E-state index contributed by atoms with van der Waals surface area (Å²) in [5, 5.41) is 5.05. The lowest BCUT2D eigenvalue weighted by molar-refractivity contribution is 0.0526. The average Bonchev–Trinajstić information content (AvgIpc) is 2.87. The smallest absolute Gasteiger partial charge is 0.338 e. The van der Waals surface area contributed by atoms with Crippen LogP contribution in [0.1, 0.15) is 17.3 Å². The Hall–Kier alpha value is -2.43. The first-order valence-corrected chi connectivity index (χ1v) is 5.69. The number of aromatic nitrogens is 3. The first-order chi connectivity index (χ1) is 8.79. The SMILES string of the molecule is CCOC(=O)c1ccc2c(cnc3ccnn32)c1. The molecule has 0 N–H and O–H groups in total. The molecule has 3 aromatic rings. The number of hydrogen-bond acceptors (Lipinski definition) is 4. The maximum Gasteiger partial charge on any atom is 0.338 e. The van der Waals surface area contributed by atoms with Crippen molar-refractivity contribution in [3.05, 3.63) is 42.2 Å². The van der Waals surface area contributed by atoms with Gasteiger partial charge in [0, 0.05) is 17.6 Å². The minimum Gasteiger partial charge on any atom is -0.462 e. The number of hydrogen-bond donors (Lipinski definition) is 0. The molecule has 2 aromatic heterocycles. The van der Waals surface area contributed by atoms with E-state index in [9.17, 15) is 4.79 Å². The molecule has 2 heterocycles. The lowest BCUT2D eigenvalue weighted by atomic mass is 10.1. The molecule has 90 valence electrons. The molecular formula is C13H11N3O2. The quantitative estimate of drug-likeness (QED) is 0.644. The first-order valence-electron chi connectivity index (χ1n) is 5.69. The van der Waals surface area contributed by atoms with E-state index in [0.29, 0.717) is 12.2 Å². The van der Waals surface area contributed by atoms with Crippen LogP contribution in [0, 0.1) is 0 Å². The third kappa shape index (κ3) is 1.60. The molecule has 0 spiro atoms. The normalized spacial score (nSPS) is 10.9. The molecule has 0 aliphatic rings. The van der Waals surface area contributed by atoms with Crippen molar-refractivity contribution in [2.45, 2.75) is 6.92 Å². The lowest BCUT2D eigenvalue weighted by Gasteiger charge is -2.04. The summed E-state index contributed by atoms with van der Waals surface area (Å²) in [6.45, 7) is 2.15. The van der Waals surface area contributed by atoms with Crippen LogP contribution >= 0.6 is 0 Å². The Labute approximate surface area is 103 Å². The predicted molar refractivity (Wildman–Crippen MR) is 66.4 cm³/mol. The maximum atomic E-state index is 11.6. The summed E-state index contributed by atoms with van der Waals surface area (Å²) < 4.78 is 6.71. The zero-order chi connectivity index (χ0) is 12.5. The fraction of sp³-hybridized carbons (Fsp3) is 0.154. The van der Waals surface area contributed by atoms with Crippen molar-refractivity contribution < 1.29 is 9.53 Å². The number of benzene rings is 1. The highest BCUT2D eigenvalue weighted by molar-refractivity contribution is 5.94. The van der Waals surface area contributed by atoms with Gasteiger partial charge in [-0.15, -0.1) is 0 Å². The molecule has 5 heteroatoms. The van der Waals surface area contributed by atoms with E-state index in [1.54, 1.807) is 36.0 Å². The Morgan fingerprint density at radius 1 is 1.39 bits per heavy atom. The second-order valence-electron chi connectivity index (χ2n) is 3.85. The summed E-state index contributed by atoms with van der Waals surface area (Å²) in [5.74, 6) is -0.319. The van der Waals surface area contributed by atoms with Gasteiger partial charge in [-0.25, -0.2) is 14.3 Å². The molecule has 0 amide bonds. The molecule has 5 nitrogen and oxygen atoms in total. The summed E-state index contributed by atoms with van der Waals surface area (Å²) in [6.07, 6.45) is 3.43. The van der Waals surface area contributed by atoms with Gasteiger partial charge in [0.15, 0.2) is 5.65 Å². The van der Waals surface area contributed by atoms with Crippen molar-refractivity contribution in [1.82, 2.24) is 14.6 Å². The van der Waals surface area contributed by atoms with Crippen LogP contribution in [0.4, 0.5) is 0 Å². The predicted octanol–water partition coefficient (Wildman–Crippen LogP) is 2.06. The lowest BCUT2D eigenvalue weighted by Crippen LogP contribution is -2.04. The Kier molecular flexibility index (Phi) is 2.44. The van der Waals surface area contributed by atoms with E-state index in [1.807, 2.05) is 12.1 Å². The molecule has 3 rings (SSSR count). The molecule has 0 bridgehead atoms. The van der Waals surface area contributed by atoms with Gasteiger partial charge in [-0.1, -0.05) is 0 Å². The van der Waals surface area contributed by atoms with Gasteiger partial charge in [-0.05, 0) is 25.1 Å². The molecule has 18 heavy (non-hydrogen) atoms. The number of rotatable bonds is 2. The van der Waals surface area contributed by atoms with Gasteiger partial charge in [-0.2, -0.15) is 5.10 Å². The van der Waals surface area contributed by atoms with Crippen molar-refractivity contribution in [3.8, 4) is 0 Å². The summed E-state index contributed by atoms with van der Waals surface area (Å²) in [4.78, 5) is 15.9. The van der Waals surface area contributed by atoms with E-state index in [2.05, 4.69) is 10.1 Å². The first kappa shape index (κ1) is 10.7. The summed E-state index contributed by atoms with van der Waals surface area (Å²) in [7, 11) is 0. The van der Waals surface area contributed by atoms with Gasteiger partial charge in [0.2, 0.25) is 0 Å². The maximum absolute atomic E-state index is 11.6. The Balaban J connectivity index is 2.18. The Morgan fingerprint density at radius 2 is 2.28 bits per heavy atom. The zero-order valence-corrected chi connectivity index (χ0v) is 9.83. The van der Waals surface area contributed by atoms with Crippen LogP contribution in [-0.2, 0) is 4.74 Å². The van der Waals surface area contributed by atoms with Crippen LogP contribution in [-0.4, -0.2) is 27.2 Å². The van der Waals surface area contributed by atoms with E-state index in [4.69, 9.17) is 4.74 Å². The van der Waals surface area contributed by atoms with Crippen molar-refractivity contribution in [2.24, 2.45) is 0 Å². The standard InChI is InChI=1S/C13H11N3O2/c1-2-18-13(17)9-3-4-11-10(7-9)8-14-12-5-6-15-16(11)12/h3-8H,2H2,1H3. The average molecular weight is 241 g/mol. The Bertz CT molecular complexity index is 733. The van der Waals surface area contributed by atoms with Crippen LogP contribution in [0.15, 0.2) is 36.7 Å². The third-order valence-corrected chi connectivity index (χ3v) is 2.73. The molecule has 0 saturated heterocycles. The number of ether oxygens (including phenoxy) is 1. The van der Waals surface area contributed by atoms with Gasteiger partial charge in [-0.3, -0.25) is 0 Å². The fourth-order valence-electron chi connectivity index (χ4n) is 1.91. The second-order valence-corrected chi connectivity index (χ2v) is 3.85. The van der Waals surface area contributed by atoms with Gasteiger partial charge < -0.3 is 4.74 Å². The monoisotopic (exact) mass is 241 g/mol. The van der Waals surface area contributed by atoms with Gasteiger partial charge in [0.25, 0.3) is 0 Å². The van der Waals surface area contributed by atoms with Crippen LogP contribution in [0.2, 0.25) is 0 Å². The van der Waals surface area contributed by atoms with Crippen LogP contribution in [0.5, 0.6) is 0 Å². The van der Waals surface area contributed by atoms with Crippen LogP contribution < -0.4 is 0 Å². The van der Waals surface area contributed by atoms with Crippen LogP contribution in [0.3, 0.4) is 0 Å². The summed E-state index contributed by atoms with van der Waals surface area (Å²) in [5.41, 5.74) is 2.22. The molecule has 0 atom stereocenters. The van der Waals surface area contributed by atoms with E-state index in [1.165, 1.54) is 0 Å².